The Bertz CT molecular complexity index is 559. The van der Waals surface area contributed by atoms with Crippen LogP contribution in [0.5, 0.6) is 0 Å². The quantitative estimate of drug-likeness (QED) is 0.901. The SMILES string of the molecule is CN1C2CCC1CC(CC(O)(c1ccsc1)c1ccsc1)C2. The van der Waals surface area contributed by atoms with Gasteiger partial charge in [-0.25, -0.2) is 0 Å². The molecule has 0 aromatic carbocycles. The lowest BCUT2D eigenvalue weighted by Crippen LogP contribution is -2.42. The van der Waals surface area contributed by atoms with E-state index in [0.29, 0.717) is 5.92 Å². The molecule has 22 heavy (non-hydrogen) atoms. The van der Waals surface area contributed by atoms with Crippen molar-refractivity contribution in [3.8, 4) is 0 Å². The van der Waals surface area contributed by atoms with Crippen LogP contribution in [0.2, 0.25) is 0 Å². The van der Waals surface area contributed by atoms with Gasteiger partial charge in [0.05, 0.1) is 0 Å². The van der Waals surface area contributed by atoms with Crippen molar-refractivity contribution >= 4 is 22.7 Å². The molecule has 2 saturated heterocycles. The molecule has 0 spiro atoms. The van der Waals surface area contributed by atoms with Gasteiger partial charge in [0.15, 0.2) is 0 Å². The number of nitrogens with zero attached hydrogens (tertiary/aromatic N) is 1. The number of rotatable bonds is 4. The Morgan fingerprint density at radius 1 is 1.09 bits per heavy atom. The second kappa shape index (κ2) is 5.75. The summed E-state index contributed by atoms with van der Waals surface area (Å²) in [6, 6.07) is 5.65. The van der Waals surface area contributed by atoms with Crippen LogP contribution in [0.3, 0.4) is 0 Å². The fourth-order valence-corrected chi connectivity index (χ4v) is 5.96. The predicted octanol–water partition coefficient (Wildman–Crippen LogP) is 4.31. The van der Waals surface area contributed by atoms with Crippen LogP contribution in [0, 0.1) is 5.92 Å². The van der Waals surface area contributed by atoms with Gasteiger partial charge in [0, 0.05) is 12.1 Å². The fraction of sp³-hybridized carbons (Fsp3) is 0.556. The van der Waals surface area contributed by atoms with Crippen molar-refractivity contribution in [1.82, 2.24) is 4.90 Å². The van der Waals surface area contributed by atoms with Crippen LogP contribution in [-0.4, -0.2) is 29.1 Å². The Kier molecular flexibility index (Phi) is 3.89. The van der Waals surface area contributed by atoms with Gasteiger partial charge >= 0.3 is 0 Å². The third kappa shape index (κ3) is 2.46. The van der Waals surface area contributed by atoms with Crippen LogP contribution in [0.15, 0.2) is 33.7 Å². The van der Waals surface area contributed by atoms with E-state index in [1.807, 2.05) is 0 Å². The lowest BCUT2D eigenvalue weighted by atomic mass is 9.77. The largest absolute Gasteiger partial charge is 0.380 e. The highest BCUT2D eigenvalue weighted by Crippen LogP contribution is 2.45. The van der Waals surface area contributed by atoms with Gasteiger partial charge in [0.1, 0.15) is 5.60 Å². The number of hydrogen-bond donors (Lipinski definition) is 1. The van der Waals surface area contributed by atoms with Gasteiger partial charge in [-0.1, -0.05) is 0 Å². The molecule has 2 atom stereocenters. The van der Waals surface area contributed by atoms with Crippen LogP contribution < -0.4 is 0 Å². The first-order valence-electron chi connectivity index (χ1n) is 8.16. The van der Waals surface area contributed by atoms with E-state index >= 15 is 0 Å². The van der Waals surface area contributed by atoms with Crippen molar-refractivity contribution in [2.45, 2.75) is 49.8 Å². The maximum atomic E-state index is 11.5. The maximum absolute atomic E-state index is 11.5. The van der Waals surface area contributed by atoms with Crippen molar-refractivity contribution < 1.29 is 5.11 Å². The number of thiophene rings is 2. The second-order valence-corrected chi connectivity index (χ2v) is 8.54. The molecule has 0 saturated carbocycles. The standard InChI is InChI=1S/C18H23NOS2/c1-19-16-2-3-17(19)9-13(8-16)10-18(20,14-4-6-21-11-14)15-5-7-22-12-15/h4-7,11-13,16-17,20H,2-3,8-10H2,1H3. The van der Waals surface area contributed by atoms with E-state index in [1.54, 1.807) is 22.7 Å². The Balaban J connectivity index is 1.60. The van der Waals surface area contributed by atoms with Crippen molar-refractivity contribution in [2.24, 2.45) is 5.92 Å². The third-order valence-electron chi connectivity index (χ3n) is 5.78. The van der Waals surface area contributed by atoms with Crippen molar-refractivity contribution in [1.29, 1.82) is 0 Å². The van der Waals surface area contributed by atoms with E-state index in [2.05, 4.69) is 45.6 Å². The zero-order valence-corrected chi connectivity index (χ0v) is 14.6. The highest BCUT2D eigenvalue weighted by Gasteiger charge is 2.42. The molecule has 2 aromatic heterocycles. The Morgan fingerprint density at radius 3 is 2.09 bits per heavy atom. The molecular formula is C18H23NOS2. The Labute approximate surface area is 140 Å². The molecule has 118 valence electrons. The normalized spacial score (nSPS) is 29.1. The molecule has 2 fully saturated rings. The third-order valence-corrected chi connectivity index (χ3v) is 7.14. The molecule has 2 aliphatic heterocycles. The zero-order valence-electron chi connectivity index (χ0n) is 12.9. The number of piperidine rings is 1. The predicted molar refractivity (Wildman–Crippen MR) is 93.6 cm³/mol. The number of hydrogen-bond acceptors (Lipinski definition) is 4. The molecule has 0 amide bonds. The maximum Gasteiger partial charge on any atom is 0.116 e. The smallest absolute Gasteiger partial charge is 0.116 e. The van der Waals surface area contributed by atoms with Gasteiger partial charge in [-0.2, -0.15) is 22.7 Å². The summed E-state index contributed by atoms with van der Waals surface area (Å²) in [5.41, 5.74) is 1.34. The van der Waals surface area contributed by atoms with Crippen molar-refractivity contribution in [2.75, 3.05) is 7.05 Å². The van der Waals surface area contributed by atoms with Crippen LogP contribution in [0.4, 0.5) is 0 Å². The first-order chi connectivity index (χ1) is 10.7. The molecule has 1 N–H and O–H groups in total. The van der Waals surface area contributed by atoms with Crippen LogP contribution in [0.1, 0.15) is 43.2 Å². The molecule has 0 radical (unpaired) electrons. The molecule has 4 rings (SSSR count). The van der Waals surface area contributed by atoms with Gasteiger partial charge in [-0.05, 0) is 89.8 Å². The summed E-state index contributed by atoms with van der Waals surface area (Å²) < 4.78 is 0. The fourth-order valence-electron chi connectivity index (χ4n) is 4.51. The van der Waals surface area contributed by atoms with Gasteiger partial charge < -0.3 is 10.0 Å². The number of aliphatic hydroxyl groups is 1. The topological polar surface area (TPSA) is 23.5 Å². The van der Waals surface area contributed by atoms with Crippen molar-refractivity contribution in [3.63, 3.8) is 0 Å². The van der Waals surface area contributed by atoms with Crippen LogP contribution >= 0.6 is 22.7 Å². The Hall–Kier alpha value is -0.680. The summed E-state index contributed by atoms with van der Waals surface area (Å²) in [7, 11) is 2.28. The molecule has 4 heterocycles. The second-order valence-electron chi connectivity index (χ2n) is 6.98. The first kappa shape index (κ1) is 14.9. The highest BCUT2D eigenvalue weighted by molar-refractivity contribution is 7.08. The zero-order chi connectivity index (χ0) is 15.2. The van der Waals surface area contributed by atoms with E-state index in [9.17, 15) is 5.11 Å². The molecule has 2 aromatic rings. The molecular weight excluding hydrogens is 310 g/mol. The van der Waals surface area contributed by atoms with E-state index in [-0.39, 0.29) is 0 Å². The summed E-state index contributed by atoms with van der Waals surface area (Å²) in [4.78, 5) is 2.57. The average molecular weight is 334 g/mol. The summed E-state index contributed by atoms with van der Waals surface area (Å²) in [5.74, 6) is 0.624. The lowest BCUT2D eigenvalue weighted by Gasteiger charge is -2.40. The summed E-state index contributed by atoms with van der Waals surface area (Å²) in [6.45, 7) is 0. The van der Waals surface area contributed by atoms with Crippen LogP contribution in [-0.2, 0) is 5.60 Å². The van der Waals surface area contributed by atoms with Gasteiger partial charge in [-0.15, -0.1) is 0 Å². The van der Waals surface area contributed by atoms with E-state index in [4.69, 9.17) is 0 Å². The van der Waals surface area contributed by atoms with E-state index < -0.39 is 5.60 Å². The minimum atomic E-state index is -0.806. The summed E-state index contributed by atoms with van der Waals surface area (Å²) in [5, 5.41) is 19.9. The van der Waals surface area contributed by atoms with Gasteiger partial charge in [0.25, 0.3) is 0 Å². The first-order valence-corrected chi connectivity index (χ1v) is 10.0. The molecule has 2 bridgehead atoms. The lowest BCUT2D eigenvalue weighted by molar-refractivity contribution is 0.0274. The Morgan fingerprint density at radius 2 is 1.64 bits per heavy atom. The van der Waals surface area contributed by atoms with Crippen LogP contribution in [0.25, 0.3) is 0 Å². The highest BCUT2D eigenvalue weighted by atomic mass is 32.1. The molecule has 4 heteroatoms. The summed E-state index contributed by atoms with van der Waals surface area (Å²) >= 11 is 3.35. The minimum absolute atomic E-state index is 0.624. The molecule has 2 aliphatic rings. The van der Waals surface area contributed by atoms with E-state index in [1.165, 1.54) is 25.7 Å². The minimum Gasteiger partial charge on any atom is -0.380 e. The van der Waals surface area contributed by atoms with E-state index in [0.717, 1.165) is 29.6 Å². The average Bonchev–Trinajstić information content (AvgIpc) is 3.22. The number of fused-ring (bicyclic) bond motifs is 2. The monoisotopic (exact) mass is 333 g/mol. The molecule has 2 nitrogen and oxygen atoms in total. The molecule has 2 unspecified atom stereocenters. The van der Waals surface area contributed by atoms with Crippen molar-refractivity contribution in [3.05, 3.63) is 44.8 Å². The van der Waals surface area contributed by atoms with Gasteiger partial charge in [0.2, 0.25) is 0 Å². The molecule has 0 aliphatic carbocycles. The van der Waals surface area contributed by atoms with Gasteiger partial charge in [-0.3, -0.25) is 0 Å². The summed E-state index contributed by atoms with van der Waals surface area (Å²) in [6.07, 6.45) is 6.02.